The van der Waals surface area contributed by atoms with Gasteiger partial charge in [0.1, 0.15) is 5.70 Å². The Morgan fingerprint density at radius 3 is 2.62 bits per heavy atom. The van der Waals surface area contributed by atoms with Gasteiger partial charge in [-0.15, -0.1) is 0 Å². The zero-order chi connectivity index (χ0) is 17.8. The fourth-order valence-electron chi connectivity index (χ4n) is 4.10. The minimum absolute atomic E-state index is 0.0670. The molecule has 1 amide bonds. The van der Waals surface area contributed by atoms with E-state index in [9.17, 15) is 19.8 Å². The standard InChI is InChI=1S/C15H23N5O4/c1-6-9(5-19-3-8(4-19)18-15(16)17)12(14(23)24)20-11(6)10(7(2)21)13(20)22/h6-8,10-11,21H,3-5H2,1-2H3,(H,23,24)(H4,16,17,18)/t6-,7+,10?,11+/m0/s1. The van der Waals surface area contributed by atoms with E-state index in [1.165, 1.54) is 4.90 Å². The number of hydrogen-bond acceptors (Lipinski definition) is 5. The van der Waals surface area contributed by atoms with Crippen molar-refractivity contribution in [2.45, 2.75) is 32.0 Å². The van der Waals surface area contributed by atoms with Gasteiger partial charge in [-0.1, -0.05) is 6.92 Å². The lowest BCUT2D eigenvalue weighted by Crippen LogP contribution is -2.63. The first-order valence-electron chi connectivity index (χ1n) is 8.02. The maximum Gasteiger partial charge on any atom is 0.352 e. The summed E-state index contributed by atoms with van der Waals surface area (Å²) in [5, 5.41) is 29.4. The molecule has 0 radical (unpaired) electrons. The molecule has 9 heteroatoms. The molecule has 6 N–H and O–H groups in total. The van der Waals surface area contributed by atoms with Crippen LogP contribution in [0, 0.1) is 17.2 Å². The third-order valence-corrected chi connectivity index (χ3v) is 5.23. The fourth-order valence-corrected chi connectivity index (χ4v) is 4.10. The van der Waals surface area contributed by atoms with Crippen LogP contribution >= 0.6 is 0 Å². The number of β-lactam (4-membered cyclic amide) rings is 1. The number of nitrogens with two attached hydrogens (primary N) is 1. The van der Waals surface area contributed by atoms with Gasteiger partial charge >= 0.3 is 5.97 Å². The van der Waals surface area contributed by atoms with Crippen LogP contribution in [-0.4, -0.2) is 75.7 Å². The predicted octanol–water partition coefficient (Wildman–Crippen LogP) is -1.65. The van der Waals surface area contributed by atoms with E-state index in [0.29, 0.717) is 19.6 Å². The van der Waals surface area contributed by atoms with E-state index >= 15 is 0 Å². The molecule has 3 heterocycles. The molecule has 132 valence electrons. The second kappa shape index (κ2) is 5.75. The summed E-state index contributed by atoms with van der Waals surface area (Å²) < 4.78 is 0. The number of aliphatic carboxylic acids is 1. The van der Waals surface area contributed by atoms with Crippen molar-refractivity contribution in [3.05, 3.63) is 11.3 Å². The van der Waals surface area contributed by atoms with Crippen molar-refractivity contribution in [2.24, 2.45) is 17.6 Å². The number of nitrogens with zero attached hydrogens (tertiary/aromatic N) is 2. The number of rotatable bonds is 5. The van der Waals surface area contributed by atoms with Crippen LogP contribution in [0.25, 0.3) is 0 Å². The van der Waals surface area contributed by atoms with Crippen molar-refractivity contribution in [1.29, 1.82) is 5.41 Å². The maximum absolute atomic E-state index is 12.2. The van der Waals surface area contributed by atoms with Crippen LogP contribution < -0.4 is 11.1 Å². The van der Waals surface area contributed by atoms with Gasteiger partial charge in [-0.25, -0.2) is 4.79 Å². The second-order valence-corrected chi connectivity index (χ2v) is 6.88. The number of guanidine groups is 1. The normalized spacial score (nSPS) is 31.4. The Labute approximate surface area is 139 Å². The van der Waals surface area contributed by atoms with Gasteiger partial charge in [0.05, 0.1) is 24.1 Å². The predicted molar refractivity (Wildman–Crippen MR) is 84.9 cm³/mol. The highest BCUT2D eigenvalue weighted by atomic mass is 16.4. The summed E-state index contributed by atoms with van der Waals surface area (Å²) in [6.45, 7) is 5.28. The minimum atomic E-state index is -1.10. The second-order valence-electron chi connectivity index (χ2n) is 6.88. The molecule has 0 bridgehead atoms. The Hall–Kier alpha value is -2.13. The van der Waals surface area contributed by atoms with Gasteiger partial charge in [-0.3, -0.25) is 15.1 Å². The molecule has 0 aromatic carbocycles. The molecule has 0 aliphatic carbocycles. The van der Waals surface area contributed by atoms with Crippen LogP contribution in [-0.2, 0) is 9.59 Å². The van der Waals surface area contributed by atoms with Crippen LogP contribution in [0.15, 0.2) is 11.3 Å². The van der Waals surface area contributed by atoms with Gasteiger partial charge < -0.3 is 26.2 Å². The SMILES string of the molecule is C[C@@H](O)C1C(=O)N2C(C(=O)O)=C(CN3CC(NC(=N)N)C3)[C@H](C)[C@H]12. The number of hydrogen-bond donors (Lipinski definition) is 5. The van der Waals surface area contributed by atoms with Crippen LogP contribution in [0.1, 0.15) is 13.8 Å². The fraction of sp³-hybridized carbons (Fsp3) is 0.667. The molecule has 0 aromatic rings. The van der Waals surface area contributed by atoms with Crippen LogP contribution in [0.4, 0.5) is 0 Å². The zero-order valence-corrected chi connectivity index (χ0v) is 13.7. The molecule has 0 saturated carbocycles. The molecule has 3 rings (SSSR count). The van der Waals surface area contributed by atoms with Gasteiger partial charge in [-0.05, 0) is 12.5 Å². The van der Waals surface area contributed by atoms with Crippen LogP contribution in [0.3, 0.4) is 0 Å². The molecule has 1 unspecified atom stereocenters. The molecule has 0 aromatic heterocycles. The molecule has 2 saturated heterocycles. The molecule has 4 atom stereocenters. The van der Waals surface area contributed by atoms with E-state index in [4.69, 9.17) is 11.1 Å². The largest absolute Gasteiger partial charge is 0.477 e. The number of carboxylic acids is 1. The van der Waals surface area contributed by atoms with Crippen molar-refractivity contribution in [3.8, 4) is 0 Å². The first kappa shape index (κ1) is 16.7. The number of amides is 1. The van der Waals surface area contributed by atoms with E-state index < -0.39 is 18.0 Å². The van der Waals surface area contributed by atoms with Crippen molar-refractivity contribution in [1.82, 2.24) is 15.1 Å². The smallest absolute Gasteiger partial charge is 0.352 e. The summed E-state index contributed by atoms with van der Waals surface area (Å²) in [4.78, 5) is 27.3. The van der Waals surface area contributed by atoms with Crippen LogP contribution in [0.2, 0.25) is 0 Å². The highest BCUT2D eigenvalue weighted by Gasteiger charge is 2.59. The first-order valence-corrected chi connectivity index (χ1v) is 8.02. The number of nitrogens with one attached hydrogen (secondary N) is 2. The minimum Gasteiger partial charge on any atom is -0.477 e. The Bertz CT molecular complexity index is 625. The number of carboxylic acid groups (broad SMARTS) is 1. The highest BCUT2D eigenvalue weighted by Crippen LogP contribution is 2.47. The third-order valence-electron chi connectivity index (χ3n) is 5.23. The Balaban J connectivity index is 1.74. The van der Waals surface area contributed by atoms with Gasteiger partial charge in [0.25, 0.3) is 0 Å². The summed E-state index contributed by atoms with van der Waals surface area (Å²) in [5.41, 5.74) is 6.09. The van der Waals surface area contributed by atoms with E-state index in [-0.39, 0.29) is 35.6 Å². The average molecular weight is 337 g/mol. The summed E-state index contributed by atoms with van der Waals surface area (Å²) in [6, 6.07) is -0.178. The number of aliphatic hydroxyl groups excluding tert-OH is 1. The summed E-state index contributed by atoms with van der Waals surface area (Å²) in [5.74, 6) is -2.12. The highest BCUT2D eigenvalue weighted by molar-refractivity contribution is 6.00. The molecule has 0 spiro atoms. The van der Waals surface area contributed by atoms with E-state index in [1.807, 2.05) is 6.92 Å². The number of aliphatic hydroxyl groups is 1. The van der Waals surface area contributed by atoms with Gasteiger partial charge in [0.2, 0.25) is 5.91 Å². The topological polar surface area (TPSA) is 143 Å². The zero-order valence-electron chi connectivity index (χ0n) is 13.7. The molecular weight excluding hydrogens is 314 g/mol. The molecule has 3 aliphatic heterocycles. The molecule has 24 heavy (non-hydrogen) atoms. The number of likely N-dealkylation sites (tertiary alicyclic amines) is 1. The number of fused-ring (bicyclic) bond motifs is 1. The van der Waals surface area contributed by atoms with Crippen molar-refractivity contribution in [3.63, 3.8) is 0 Å². The Kier molecular flexibility index (Phi) is 4.00. The Morgan fingerprint density at radius 2 is 2.12 bits per heavy atom. The number of carbonyl (C=O) groups is 2. The quantitative estimate of drug-likeness (QED) is 0.230. The van der Waals surface area contributed by atoms with Crippen LogP contribution in [0.5, 0.6) is 0 Å². The van der Waals surface area contributed by atoms with Gasteiger partial charge in [-0.2, -0.15) is 0 Å². The van der Waals surface area contributed by atoms with Gasteiger partial charge in [0.15, 0.2) is 5.96 Å². The van der Waals surface area contributed by atoms with E-state index in [2.05, 4.69) is 10.2 Å². The lowest BCUT2D eigenvalue weighted by molar-refractivity contribution is -0.163. The van der Waals surface area contributed by atoms with E-state index in [1.54, 1.807) is 6.92 Å². The molecule has 3 aliphatic rings. The Morgan fingerprint density at radius 1 is 1.50 bits per heavy atom. The van der Waals surface area contributed by atoms with Crippen molar-refractivity contribution < 1.29 is 19.8 Å². The molecular formula is C15H23N5O4. The monoisotopic (exact) mass is 337 g/mol. The van der Waals surface area contributed by atoms with Crippen molar-refractivity contribution in [2.75, 3.05) is 19.6 Å². The summed E-state index contributed by atoms with van der Waals surface area (Å²) >= 11 is 0. The number of carbonyl (C=O) groups excluding carboxylic acids is 1. The molecule has 9 nitrogen and oxygen atoms in total. The van der Waals surface area contributed by atoms with Gasteiger partial charge in [0, 0.05) is 25.6 Å². The third kappa shape index (κ3) is 2.44. The lowest BCUT2D eigenvalue weighted by Gasteiger charge is -2.46. The average Bonchev–Trinajstić information content (AvgIpc) is 2.65. The maximum atomic E-state index is 12.2. The van der Waals surface area contributed by atoms with Crippen molar-refractivity contribution >= 4 is 17.8 Å². The lowest BCUT2D eigenvalue weighted by atomic mass is 9.77. The summed E-state index contributed by atoms with van der Waals surface area (Å²) in [7, 11) is 0. The molecule has 2 fully saturated rings. The van der Waals surface area contributed by atoms with E-state index in [0.717, 1.165) is 5.57 Å². The first-order chi connectivity index (χ1) is 11.2. The summed E-state index contributed by atoms with van der Waals surface area (Å²) in [6.07, 6.45) is -0.788.